The molecule has 0 spiro atoms. The molecule has 180 valence electrons. The van der Waals surface area contributed by atoms with Crippen LogP contribution in [0.2, 0.25) is 10.0 Å². The van der Waals surface area contributed by atoms with E-state index in [1.165, 1.54) is 5.56 Å². The van der Waals surface area contributed by atoms with E-state index in [0.29, 0.717) is 48.3 Å². The quantitative estimate of drug-likeness (QED) is 0.333. The summed E-state index contributed by atoms with van der Waals surface area (Å²) in [7, 11) is 0. The molecule has 0 aliphatic rings. The highest BCUT2D eigenvalue weighted by atomic mass is 35.5. The first kappa shape index (κ1) is 27.2. The zero-order chi connectivity index (χ0) is 24.4. The fraction of sp³-hybridized carbons (Fsp3) is 0.481. The third-order valence-electron chi connectivity index (χ3n) is 5.83. The van der Waals surface area contributed by atoms with Crippen molar-refractivity contribution in [3.63, 3.8) is 0 Å². The highest BCUT2D eigenvalue weighted by molar-refractivity contribution is 6.42. The molecule has 2 aromatic rings. The minimum absolute atomic E-state index is 0.0495. The molecule has 6 heteroatoms. The van der Waals surface area contributed by atoms with Gasteiger partial charge in [0, 0.05) is 19.5 Å². The summed E-state index contributed by atoms with van der Waals surface area (Å²) < 4.78 is 0. The summed E-state index contributed by atoms with van der Waals surface area (Å²) in [6.07, 6.45) is 3.41. The molecule has 0 aliphatic heterocycles. The Kier molecular flexibility index (Phi) is 11.2. The molecule has 0 saturated carbocycles. The lowest BCUT2D eigenvalue weighted by Gasteiger charge is -2.31. The zero-order valence-electron chi connectivity index (χ0n) is 20.2. The van der Waals surface area contributed by atoms with Gasteiger partial charge in [-0.25, -0.2) is 0 Å². The SMILES string of the molecule is CCCCNC(=O)C(CC)N(Cc1ccc(Cl)c(Cl)c1)C(=O)CCc1ccc(C(C)C)cc1. The first-order valence-electron chi connectivity index (χ1n) is 11.9. The number of rotatable bonds is 12. The lowest BCUT2D eigenvalue weighted by atomic mass is 10.00. The summed E-state index contributed by atoms with van der Waals surface area (Å²) >= 11 is 12.3. The van der Waals surface area contributed by atoms with E-state index in [1.807, 2.05) is 13.0 Å². The van der Waals surface area contributed by atoms with Crippen LogP contribution in [0, 0.1) is 0 Å². The number of carbonyl (C=O) groups is 2. The minimum atomic E-state index is -0.535. The van der Waals surface area contributed by atoms with Crippen LogP contribution >= 0.6 is 23.2 Å². The van der Waals surface area contributed by atoms with Crippen molar-refractivity contribution in [1.29, 1.82) is 0 Å². The van der Waals surface area contributed by atoms with E-state index in [2.05, 4.69) is 50.4 Å². The van der Waals surface area contributed by atoms with Gasteiger partial charge in [-0.1, -0.05) is 87.6 Å². The van der Waals surface area contributed by atoms with E-state index in [-0.39, 0.29) is 11.8 Å². The zero-order valence-corrected chi connectivity index (χ0v) is 21.7. The van der Waals surface area contributed by atoms with Crippen molar-refractivity contribution >= 4 is 35.0 Å². The number of halogens is 2. The number of benzene rings is 2. The van der Waals surface area contributed by atoms with Crippen molar-refractivity contribution < 1.29 is 9.59 Å². The molecule has 0 radical (unpaired) electrons. The molecular formula is C27H36Cl2N2O2. The summed E-state index contributed by atoms with van der Waals surface area (Å²) in [6.45, 7) is 9.26. The number of unbranched alkanes of at least 4 members (excludes halogenated alkanes) is 1. The van der Waals surface area contributed by atoms with Crippen LogP contribution in [-0.2, 0) is 22.6 Å². The lowest BCUT2D eigenvalue weighted by molar-refractivity contribution is -0.141. The van der Waals surface area contributed by atoms with Crippen molar-refractivity contribution in [2.24, 2.45) is 0 Å². The number of hydrogen-bond acceptors (Lipinski definition) is 2. The summed E-state index contributed by atoms with van der Waals surface area (Å²) in [5.41, 5.74) is 3.24. The minimum Gasteiger partial charge on any atom is -0.354 e. The van der Waals surface area contributed by atoms with Gasteiger partial charge in [-0.2, -0.15) is 0 Å². The molecule has 2 aromatic carbocycles. The van der Waals surface area contributed by atoms with E-state index in [9.17, 15) is 9.59 Å². The highest BCUT2D eigenvalue weighted by Gasteiger charge is 2.28. The van der Waals surface area contributed by atoms with Crippen LogP contribution in [0.1, 0.15) is 76.0 Å². The van der Waals surface area contributed by atoms with E-state index in [1.54, 1.807) is 17.0 Å². The predicted molar refractivity (Wildman–Crippen MR) is 138 cm³/mol. The maximum absolute atomic E-state index is 13.4. The Morgan fingerprint density at radius 2 is 1.64 bits per heavy atom. The number of hydrogen-bond donors (Lipinski definition) is 1. The predicted octanol–water partition coefficient (Wildman–Crippen LogP) is 6.77. The Balaban J connectivity index is 2.18. The lowest BCUT2D eigenvalue weighted by Crippen LogP contribution is -2.49. The van der Waals surface area contributed by atoms with Crippen molar-refractivity contribution in [2.75, 3.05) is 6.54 Å². The summed E-state index contributed by atoms with van der Waals surface area (Å²) in [5, 5.41) is 3.89. The van der Waals surface area contributed by atoms with Crippen LogP contribution in [0.3, 0.4) is 0 Å². The van der Waals surface area contributed by atoms with Crippen LogP contribution in [-0.4, -0.2) is 29.3 Å². The summed E-state index contributed by atoms with van der Waals surface area (Å²) in [5.74, 6) is 0.311. The molecule has 2 amide bonds. The Bertz CT molecular complexity index is 913. The number of aryl methyl sites for hydroxylation is 1. The van der Waals surface area contributed by atoms with Crippen molar-refractivity contribution in [3.8, 4) is 0 Å². The van der Waals surface area contributed by atoms with Gasteiger partial charge in [0.2, 0.25) is 11.8 Å². The Morgan fingerprint density at radius 1 is 0.970 bits per heavy atom. The van der Waals surface area contributed by atoms with Crippen LogP contribution in [0.4, 0.5) is 0 Å². The molecule has 4 nitrogen and oxygen atoms in total. The van der Waals surface area contributed by atoms with E-state index < -0.39 is 6.04 Å². The molecule has 2 rings (SSSR count). The molecule has 33 heavy (non-hydrogen) atoms. The van der Waals surface area contributed by atoms with Crippen molar-refractivity contribution in [1.82, 2.24) is 10.2 Å². The standard InChI is InChI=1S/C27H36Cl2N2O2/c1-5-7-16-30-27(33)25(6-2)31(18-21-10-14-23(28)24(29)17-21)26(32)15-11-20-8-12-22(13-9-20)19(3)4/h8-10,12-14,17,19,25H,5-7,11,15-16,18H2,1-4H3,(H,30,33). The smallest absolute Gasteiger partial charge is 0.242 e. The Hall–Kier alpha value is -2.04. The molecular weight excluding hydrogens is 455 g/mol. The largest absolute Gasteiger partial charge is 0.354 e. The Morgan fingerprint density at radius 3 is 2.21 bits per heavy atom. The topological polar surface area (TPSA) is 49.4 Å². The van der Waals surface area contributed by atoms with Gasteiger partial charge in [0.25, 0.3) is 0 Å². The number of amides is 2. The fourth-order valence-corrected chi connectivity index (χ4v) is 4.05. The summed E-state index contributed by atoms with van der Waals surface area (Å²) in [6, 6.07) is 13.2. The average Bonchev–Trinajstić information content (AvgIpc) is 2.80. The normalized spacial score (nSPS) is 12.0. The molecule has 0 bridgehead atoms. The first-order valence-corrected chi connectivity index (χ1v) is 12.6. The maximum atomic E-state index is 13.4. The first-order chi connectivity index (χ1) is 15.8. The monoisotopic (exact) mass is 490 g/mol. The Labute approximate surface area is 208 Å². The van der Waals surface area contributed by atoms with Gasteiger partial charge in [-0.15, -0.1) is 0 Å². The third kappa shape index (κ3) is 8.35. The van der Waals surface area contributed by atoms with E-state index in [4.69, 9.17) is 23.2 Å². The van der Waals surface area contributed by atoms with Crippen LogP contribution in [0.15, 0.2) is 42.5 Å². The van der Waals surface area contributed by atoms with Gasteiger partial charge in [0.15, 0.2) is 0 Å². The number of carbonyl (C=O) groups excluding carboxylic acids is 2. The molecule has 0 aliphatic carbocycles. The molecule has 1 atom stereocenters. The molecule has 0 aromatic heterocycles. The van der Waals surface area contributed by atoms with Gasteiger partial charge < -0.3 is 10.2 Å². The fourth-order valence-electron chi connectivity index (χ4n) is 3.72. The second kappa shape index (κ2) is 13.6. The van der Waals surface area contributed by atoms with Crippen molar-refractivity contribution in [2.45, 2.75) is 78.3 Å². The van der Waals surface area contributed by atoms with Crippen LogP contribution in [0.25, 0.3) is 0 Å². The molecule has 1 N–H and O–H groups in total. The van der Waals surface area contributed by atoms with Gasteiger partial charge in [0.1, 0.15) is 6.04 Å². The second-order valence-corrected chi connectivity index (χ2v) is 9.55. The number of nitrogens with one attached hydrogen (secondary N) is 1. The maximum Gasteiger partial charge on any atom is 0.242 e. The molecule has 0 fully saturated rings. The highest BCUT2D eigenvalue weighted by Crippen LogP contribution is 2.24. The van der Waals surface area contributed by atoms with Crippen LogP contribution in [0.5, 0.6) is 0 Å². The van der Waals surface area contributed by atoms with Gasteiger partial charge >= 0.3 is 0 Å². The van der Waals surface area contributed by atoms with Crippen LogP contribution < -0.4 is 5.32 Å². The van der Waals surface area contributed by atoms with Gasteiger partial charge in [-0.3, -0.25) is 9.59 Å². The van der Waals surface area contributed by atoms with Gasteiger partial charge in [0.05, 0.1) is 10.0 Å². The average molecular weight is 492 g/mol. The van der Waals surface area contributed by atoms with Crippen molar-refractivity contribution in [3.05, 3.63) is 69.2 Å². The third-order valence-corrected chi connectivity index (χ3v) is 6.57. The molecule has 0 saturated heterocycles. The number of nitrogens with zero attached hydrogens (tertiary/aromatic N) is 1. The second-order valence-electron chi connectivity index (χ2n) is 8.74. The molecule has 1 unspecified atom stereocenters. The van der Waals surface area contributed by atoms with E-state index in [0.717, 1.165) is 24.0 Å². The van der Waals surface area contributed by atoms with Gasteiger partial charge in [-0.05, 0) is 54.0 Å². The van der Waals surface area contributed by atoms with E-state index >= 15 is 0 Å². The summed E-state index contributed by atoms with van der Waals surface area (Å²) in [4.78, 5) is 28.0. The molecule has 0 heterocycles.